The van der Waals surface area contributed by atoms with Gasteiger partial charge in [0.1, 0.15) is 12.3 Å². The molecule has 0 spiro atoms. The molecule has 0 bridgehead atoms. The van der Waals surface area contributed by atoms with Gasteiger partial charge in [-0.15, -0.1) is 0 Å². The highest BCUT2D eigenvalue weighted by atomic mass is 79.9. The van der Waals surface area contributed by atoms with Crippen LogP contribution in [0.3, 0.4) is 0 Å². The molecule has 4 rings (SSSR count). The summed E-state index contributed by atoms with van der Waals surface area (Å²) in [4.78, 5) is 13.3. The van der Waals surface area contributed by atoms with Crippen molar-refractivity contribution in [3.63, 3.8) is 0 Å². The minimum absolute atomic E-state index is 0. The van der Waals surface area contributed by atoms with Gasteiger partial charge in [-0.3, -0.25) is 0 Å². The van der Waals surface area contributed by atoms with E-state index in [9.17, 15) is 9.90 Å². The van der Waals surface area contributed by atoms with E-state index in [1.54, 1.807) is 0 Å². The molecule has 3 atom stereocenters. The molecule has 1 N–H and O–H groups in total. The molecular weight excluding hydrogens is 482 g/mol. The lowest BCUT2D eigenvalue weighted by atomic mass is 9.80. The van der Waals surface area contributed by atoms with Gasteiger partial charge in [0.2, 0.25) is 0 Å². The van der Waals surface area contributed by atoms with Crippen LogP contribution in [0.5, 0.6) is 5.75 Å². The van der Waals surface area contributed by atoms with Crippen molar-refractivity contribution in [2.45, 2.75) is 50.2 Å². The Morgan fingerprint density at radius 3 is 2.33 bits per heavy atom. The average molecular weight is 518 g/mol. The summed E-state index contributed by atoms with van der Waals surface area (Å²) in [5, 5.41) is 11.6. The van der Waals surface area contributed by atoms with Crippen molar-refractivity contribution in [2.24, 2.45) is 5.92 Å². The lowest BCUT2D eigenvalue weighted by Gasteiger charge is -2.33. The van der Waals surface area contributed by atoms with E-state index in [0.717, 1.165) is 68.4 Å². The number of para-hydroxylation sites is 1. The maximum Gasteiger partial charge on any atom is 0.343 e. The number of likely N-dealkylation sites (tertiary alicyclic amines) is 1. The Balaban J connectivity index is 0.00000306. The van der Waals surface area contributed by atoms with E-state index >= 15 is 0 Å². The Morgan fingerprint density at radius 1 is 1.03 bits per heavy atom. The predicted octanol–water partition coefficient (Wildman–Crippen LogP) is 1.30. The fourth-order valence-electron chi connectivity index (χ4n) is 5.38. The summed E-state index contributed by atoms with van der Waals surface area (Å²) in [5.41, 5.74) is -0.891. The summed E-state index contributed by atoms with van der Waals surface area (Å²) in [7, 11) is 2.22. The highest BCUT2D eigenvalue weighted by molar-refractivity contribution is 5.81. The van der Waals surface area contributed by atoms with Gasteiger partial charge in [-0.05, 0) is 30.5 Å². The molecule has 3 unspecified atom stereocenters. The molecule has 1 saturated carbocycles. The minimum atomic E-state index is -1.55. The Hall–Kier alpha value is -1.89. The maximum absolute atomic E-state index is 13.3. The van der Waals surface area contributed by atoms with Crippen molar-refractivity contribution in [1.29, 1.82) is 0 Å². The topological polar surface area (TPSA) is 55.8 Å². The first-order valence-corrected chi connectivity index (χ1v) is 12.0. The van der Waals surface area contributed by atoms with E-state index in [-0.39, 0.29) is 29.0 Å². The highest BCUT2D eigenvalue weighted by Crippen LogP contribution is 2.42. The van der Waals surface area contributed by atoms with Gasteiger partial charge in [0.05, 0.1) is 26.7 Å². The van der Waals surface area contributed by atoms with Crippen LogP contribution >= 0.6 is 0 Å². The van der Waals surface area contributed by atoms with Crippen molar-refractivity contribution in [3.05, 3.63) is 66.2 Å². The molecule has 1 heterocycles. The van der Waals surface area contributed by atoms with E-state index in [2.05, 4.69) is 7.05 Å². The van der Waals surface area contributed by atoms with Crippen LogP contribution in [-0.4, -0.2) is 55.0 Å². The standard InChI is InChI=1S/C27H36NO4.BrH/c1-28(18-10-20-31-24-15-6-3-7-16-24)19-17-25(21-28)32-26(29)27(30,23-13-8-9-14-23)22-11-4-2-5-12-22;/h2-7,11-12,15-16,23,25,30H,8-10,13-14,17-21H2,1H3;1H/q+1;/p-1. The van der Waals surface area contributed by atoms with Crippen LogP contribution in [0.15, 0.2) is 60.7 Å². The first-order chi connectivity index (χ1) is 15.5. The van der Waals surface area contributed by atoms with Gasteiger partial charge in [-0.2, -0.15) is 0 Å². The summed E-state index contributed by atoms with van der Waals surface area (Å²) in [6, 6.07) is 19.2. The Labute approximate surface area is 208 Å². The third kappa shape index (κ3) is 6.17. The molecule has 1 aliphatic heterocycles. The lowest BCUT2D eigenvalue weighted by molar-refractivity contribution is -0.899. The number of nitrogens with zero attached hydrogens (tertiary/aromatic N) is 1. The maximum atomic E-state index is 13.3. The largest absolute Gasteiger partial charge is 1.00 e. The third-order valence-corrected chi connectivity index (χ3v) is 7.23. The van der Waals surface area contributed by atoms with E-state index in [1.165, 1.54) is 0 Å². The second-order valence-electron chi connectivity index (χ2n) is 9.69. The third-order valence-electron chi connectivity index (χ3n) is 7.23. The van der Waals surface area contributed by atoms with Gasteiger partial charge in [0.15, 0.2) is 11.7 Å². The summed E-state index contributed by atoms with van der Waals surface area (Å²) < 4.78 is 12.7. The van der Waals surface area contributed by atoms with Crippen LogP contribution in [0.25, 0.3) is 0 Å². The van der Waals surface area contributed by atoms with Crippen LogP contribution < -0.4 is 21.7 Å². The lowest BCUT2D eigenvalue weighted by Crippen LogP contribution is -3.00. The zero-order valence-corrected chi connectivity index (χ0v) is 21.1. The van der Waals surface area contributed by atoms with Gasteiger partial charge < -0.3 is 36.0 Å². The smallest absolute Gasteiger partial charge is 0.343 e. The average Bonchev–Trinajstić information content (AvgIpc) is 3.48. The molecule has 6 heteroatoms. The number of benzene rings is 2. The molecule has 1 aliphatic carbocycles. The second-order valence-corrected chi connectivity index (χ2v) is 9.69. The Bertz CT molecular complexity index is 874. The van der Waals surface area contributed by atoms with Crippen LogP contribution in [-0.2, 0) is 15.1 Å². The fraction of sp³-hybridized carbons (Fsp3) is 0.519. The highest BCUT2D eigenvalue weighted by Gasteiger charge is 2.49. The molecule has 0 aromatic heterocycles. The molecular formula is C27H36BrNO4. The summed E-state index contributed by atoms with van der Waals surface area (Å²) in [5.74, 6) is 0.353. The molecule has 180 valence electrons. The number of rotatable bonds is 9. The number of hydrogen-bond donors (Lipinski definition) is 1. The number of hydrogen-bond acceptors (Lipinski definition) is 4. The van der Waals surface area contributed by atoms with E-state index in [0.29, 0.717) is 12.2 Å². The quantitative estimate of drug-likeness (QED) is 0.309. The van der Waals surface area contributed by atoms with Gasteiger partial charge in [-0.25, -0.2) is 4.79 Å². The van der Waals surface area contributed by atoms with Crippen molar-refractivity contribution >= 4 is 5.97 Å². The number of likely N-dealkylation sites (N-methyl/N-ethyl adjacent to an activating group) is 1. The summed E-state index contributed by atoms with van der Waals surface area (Å²) in [6.07, 6.45) is 5.45. The van der Waals surface area contributed by atoms with Crippen molar-refractivity contribution in [1.82, 2.24) is 0 Å². The van der Waals surface area contributed by atoms with Gasteiger partial charge in [0.25, 0.3) is 0 Å². The van der Waals surface area contributed by atoms with Crippen LogP contribution in [0.1, 0.15) is 44.1 Å². The van der Waals surface area contributed by atoms with Gasteiger partial charge in [0, 0.05) is 18.8 Å². The second kappa shape index (κ2) is 11.5. The molecule has 1 saturated heterocycles. The van der Waals surface area contributed by atoms with Crippen LogP contribution in [0.2, 0.25) is 0 Å². The number of esters is 1. The molecule has 2 aromatic rings. The van der Waals surface area contributed by atoms with Crippen LogP contribution in [0.4, 0.5) is 0 Å². The molecule has 2 aliphatic rings. The van der Waals surface area contributed by atoms with E-state index in [4.69, 9.17) is 9.47 Å². The SMILES string of the molecule is C[N+]1(CCCOc2ccccc2)CCC(OC(=O)C(O)(c2ccccc2)C2CCCC2)C1.[Br-]. The molecule has 2 aromatic carbocycles. The Morgan fingerprint density at radius 2 is 1.67 bits per heavy atom. The molecule has 0 amide bonds. The van der Waals surface area contributed by atoms with E-state index in [1.807, 2.05) is 60.7 Å². The number of carbonyl (C=O) groups is 1. The molecule has 33 heavy (non-hydrogen) atoms. The van der Waals surface area contributed by atoms with Gasteiger partial charge in [-0.1, -0.05) is 61.4 Å². The van der Waals surface area contributed by atoms with Crippen molar-refractivity contribution in [2.75, 3.05) is 33.3 Å². The predicted molar refractivity (Wildman–Crippen MR) is 124 cm³/mol. The first-order valence-electron chi connectivity index (χ1n) is 12.0. The minimum Gasteiger partial charge on any atom is -1.00 e. The monoisotopic (exact) mass is 517 g/mol. The summed E-state index contributed by atoms with van der Waals surface area (Å²) >= 11 is 0. The number of halogens is 1. The normalized spacial score (nSPS) is 24.6. The first kappa shape index (κ1) is 25.7. The number of carbonyl (C=O) groups excluding carboxylic acids is 1. The van der Waals surface area contributed by atoms with Crippen molar-refractivity contribution < 1.29 is 40.8 Å². The number of quaternary nitrogens is 1. The Kier molecular flexibility index (Phi) is 8.96. The van der Waals surface area contributed by atoms with Crippen molar-refractivity contribution in [3.8, 4) is 5.75 Å². The number of ether oxygens (including phenoxy) is 2. The molecule has 5 nitrogen and oxygen atoms in total. The van der Waals surface area contributed by atoms with Gasteiger partial charge >= 0.3 is 5.97 Å². The zero-order valence-electron chi connectivity index (χ0n) is 19.5. The van der Waals surface area contributed by atoms with Crippen LogP contribution in [0, 0.1) is 5.92 Å². The fourth-order valence-corrected chi connectivity index (χ4v) is 5.38. The molecule has 0 radical (unpaired) electrons. The molecule has 2 fully saturated rings. The number of aliphatic hydroxyl groups is 1. The zero-order chi connectivity index (χ0) is 22.4. The van der Waals surface area contributed by atoms with E-state index < -0.39 is 11.6 Å². The summed E-state index contributed by atoms with van der Waals surface area (Å²) in [6.45, 7) is 3.41.